The fourth-order valence-corrected chi connectivity index (χ4v) is 1.68. The standard InChI is InChI=1S/C12H17N7O/c1-18(2)11-9(4-3-6-14-11)15-12(20)10-8-19(7-5-13)17-16-10/h3-4,6,8H,5,7,13H2,1-2H3,(H,15,20). The molecule has 0 fully saturated rings. The van der Waals surface area contributed by atoms with Crippen LogP contribution in [0.5, 0.6) is 0 Å². The lowest BCUT2D eigenvalue weighted by Crippen LogP contribution is -2.18. The molecular formula is C12H17N7O. The van der Waals surface area contributed by atoms with E-state index in [-0.39, 0.29) is 11.6 Å². The maximum absolute atomic E-state index is 12.1. The number of nitrogens with zero attached hydrogens (tertiary/aromatic N) is 5. The Balaban J connectivity index is 2.15. The highest BCUT2D eigenvalue weighted by molar-refractivity contribution is 6.04. The molecule has 1 amide bonds. The fourth-order valence-electron chi connectivity index (χ4n) is 1.68. The van der Waals surface area contributed by atoms with Gasteiger partial charge < -0.3 is 16.0 Å². The summed E-state index contributed by atoms with van der Waals surface area (Å²) >= 11 is 0. The van der Waals surface area contributed by atoms with Crippen molar-refractivity contribution in [3.05, 3.63) is 30.2 Å². The summed E-state index contributed by atoms with van der Waals surface area (Å²) in [4.78, 5) is 18.1. The van der Waals surface area contributed by atoms with Crippen molar-refractivity contribution < 1.29 is 4.79 Å². The van der Waals surface area contributed by atoms with E-state index >= 15 is 0 Å². The van der Waals surface area contributed by atoms with Crippen LogP contribution in [0.15, 0.2) is 24.5 Å². The molecule has 0 radical (unpaired) electrons. The first-order valence-electron chi connectivity index (χ1n) is 6.15. The molecule has 0 aliphatic rings. The maximum atomic E-state index is 12.1. The smallest absolute Gasteiger partial charge is 0.277 e. The Morgan fingerprint density at radius 1 is 1.50 bits per heavy atom. The largest absolute Gasteiger partial charge is 0.361 e. The number of anilines is 2. The number of rotatable bonds is 5. The Morgan fingerprint density at radius 3 is 3.00 bits per heavy atom. The topological polar surface area (TPSA) is 102 Å². The second-order valence-corrected chi connectivity index (χ2v) is 4.38. The Kier molecular flexibility index (Phi) is 4.26. The molecule has 0 aliphatic carbocycles. The van der Waals surface area contributed by atoms with Gasteiger partial charge in [0.1, 0.15) is 0 Å². The van der Waals surface area contributed by atoms with Gasteiger partial charge in [0.15, 0.2) is 11.5 Å². The number of nitrogens with two attached hydrogens (primary N) is 1. The molecule has 8 nitrogen and oxygen atoms in total. The quantitative estimate of drug-likeness (QED) is 0.793. The van der Waals surface area contributed by atoms with E-state index in [1.807, 2.05) is 19.0 Å². The van der Waals surface area contributed by atoms with Crippen molar-refractivity contribution in [3.8, 4) is 0 Å². The van der Waals surface area contributed by atoms with E-state index in [4.69, 9.17) is 5.73 Å². The van der Waals surface area contributed by atoms with Gasteiger partial charge in [-0.1, -0.05) is 5.21 Å². The van der Waals surface area contributed by atoms with Crippen molar-refractivity contribution in [2.45, 2.75) is 6.54 Å². The average molecular weight is 275 g/mol. The molecule has 0 atom stereocenters. The van der Waals surface area contributed by atoms with Crippen LogP contribution in [-0.2, 0) is 6.54 Å². The summed E-state index contributed by atoms with van der Waals surface area (Å²) in [7, 11) is 3.71. The number of hydrogen-bond acceptors (Lipinski definition) is 6. The molecule has 0 saturated carbocycles. The Morgan fingerprint density at radius 2 is 2.30 bits per heavy atom. The van der Waals surface area contributed by atoms with Crippen LogP contribution < -0.4 is 16.0 Å². The van der Waals surface area contributed by atoms with Crippen molar-refractivity contribution >= 4 is 17.4 Å². The van der Waals surface area contributed by atoms with Gasteiger partial charge in [-0.2, -0.15) is 0 Å². The van der Waals surface area contributed by atoms with E-state index in [2.05, 4.69) is 20.6 Å². The van der Waals surface area contributed by atoms with Gasteiger partial charge >= 0.3 is 0 Å². The van der Waals surface area contributed by atoms with Crippen LogP contribution in [0, 0.1) is 0 Å². The Hall–Kier alpha value is -2.48. The second-order valence-electron chi connectivity index (χ2n) is 4.38. The zero-order valence-electron chi connectivity index (χ0n) is 11.4. The van der Waals surface area contributed by atoms with Crippen molar-refractivity contribution in [2.75, 3.05) is 30.9 Å². The zero-order chi connectivity index (χ0) is 14.5. The molecule has 0 saturated heterocycles. The minimum Gasteiger partial charge on any atom is -0.361 e. The first kappa shape index (κ1) is 13.9. The summed E-state index contributed by atoms with van der Waals surface area (Å²) in [5.41, 5.74) is 6.28. The minimum atomic E-state index is -0.329. The summed E-state index contributed by atoms with van der Waals surface area (Å²) < 4.78 is 1.53. The maximum Gasteiger partial charge on any atom is 0.277 e. The molecule has 2 aromatic rings. The van der Waals surface area contributed by atoms with E-state index in [1.165, 1.54) is 4.68 Å². The summed E-state index contributed by atoms with van der Waals surface area (Å²) in [5, 5.41) is 10.4. The van der Waals surface area contributed by atoms with Crippen LogP contribution in [0.3, 0.4) is 0 Å². The minimum absolute atomic E-state index is 0.243. The number of amides is 1. The van der Waals surface area contributed by atoms with Gasteiger partial charge in [0, 0.05) is 26.8 Å². The van der Waals surface area contributed by atoms with Crippen LogP contribution in [-0.4, -0.2) is 46.5 Å². The van der Waals surface area contributed by atoms with Gasteiger partial charge in [-0.25, -0.2) is 4.98 Å². The Labute approximate surface area is 116 Å². The third-order valence-electron chi connectivity index (χ3n) is 2.59. The van der Waals surface area contributed by atoms with Gasteiger partial charge in [-0.05, 0) is 12.1 Å². The van der Waals surface area contributed by atoms with Gasteiger partial charge in [-0.15, -0.1) is 5.10 Å². The molecule has 20 heavy (non-hydrogen) atoms. The second kappa shape index (κ2) is 6.11. The monoisotopic (exact) mass is 275 g/mol. The highest BCUT2D eigenvalue weighted by Gasteiger charge is 2.14. The lowest BCUT2D eigenvalue weighted by atomic mass is 10.3. The summed E-state index contributed by atoms with van der Waals surface area (Å²) in [6.45, 7) is 0.966. The van der Waals surface area contributed by atoms with Gasteiger partial charge in [-0.3, -0.25) is 9.48 Å². The molecular weight excluding hydrogens is 258 g/mol. The van der Waals surface area contributed by atoms with E-state index in [0.29, 0.717) is 24.6 Å². The molecule has 0 bridgehead atoms. The van der Waals surface area contributed by atoms with Crippen LogP contribution in [0.1, 0.15) is 10.5 Å². The number of hydrogen-bond donors (Lipinski definition) is 2. The number of pyridine rings is 1. The molecule has 0 spiro atoms. The van der Waals surface area contributed by atoms with E-state index in [0.717, 1.165) is 0 Å². The van der Waals surface area contributed by atoms with Gasteiger partial charge in [0.25, 0.3) is 5.91 Å². The summed E-state index contributed by atoms with van der Waals surface area (Å²) in [5.74, 6) is 0.347. The van der Waals surface area contributed by atoms with E-state index in [9.17, 15) is 4.79 Å². The molecule has 0 unspecified atom stereocenters. The third kappa shape index (κ3) is 3.09. The molecule has 106 valence electrons. The Bertz CT molecular complexity index is 593. The lowest BCUT2D eigenvalue weighted by molar-refractivity contribution is 0.102. The highest BCUT2D eigenvalue weighted by Crippen LogP contribution is 2.20. The molecule has 2 rings (SSSR count). The van der Waals surface area contributed by atoms with Crippen LogP contribution in [0.4, 0.5) is 11.5 Å². The number of nitrogens with one attached hydrogen (secondary N) is 1. The number of aromatic nitrogens is 4. The normalized spacial score (nSPS) is 10.3. The molecule has 0 aromatic carbocycles. The third-order valence-corrected chi connectivity index (χ3v) is 2.59. The zero-order valence-corrected chi connectivity index (χ0v) is 11.4. The first-order valence-corrected chi connectivity index (χ1v) is 6.15. The fraction of sp³-hybridized carbons (Fsp3) is 0.333. The van der Waals surface area contributed by atoms with Crippen LogP contribution in [0.2, 0.25) is 0 Å². The van der Waals surface area contributed by atoms with Gasteiger partial charge in [0.2, 0.25) is 0 Å². The predicted molar refractivity (Wildman–Crippen MR) is 75.6 cm³/mol. The summed E-state index contributed by atoms with van der Waals surface area (Å²) in [6, 6.07) is 3.54. The van der Waals surface area contributed by atoms with Crippen molar-refractivity contribution in [2.24, 2.45) is 5.73 Å². The molecule has 2 aromatic heterocycles. The SMILES string of the molecule is CN(C)c1ncccc1NC(=O)c1cn(CCN)nn1. The summed E-state index contributed by atoms with van der Waals surface area (Å²) in [6.07, 6.45) is 3.23. The highest BCUT2D eigenvalue weighted by atomic mass is 16.2. The molecule has 8 heteroatoms. The van der Waals surface area contributed by atoms with Crippen molar-refractivity contribution in [1.29, 1.82) is 0 Å². The molecule has 3 N–H and O–H groups in total. The molecule has 0 aliphatic heterocycles. The van der Waals surface area contributed by atoms with E-state index < -0.39 is 0 Å². The number of carbonyl (C=O) groups is 1. The number of carbonyl (C=O) groups excluding carboxylic acids is 1. The van der Waals surface area contributed by atoms with Gasteiger partial charge in [0.05, 0.1) is 18.4 Å². The average Bonchev–Trinajstić information content (AvgIpc) is 2.88. The van der Waals surface area contributed by atoms with Crippen molar-refractivity contribution in [3.63, 3.8) is 0 Å². The lowest BCUT2D eigenvalue weighted by Gasteiger charge is -2.15. The predicted octanol–water partition coefficient (Wildman–Crippen LogP) is -0.0499. The first-order chi connectivity index (χ1) is 9.61. The van der Waals surface area contributed by atoms with E-state index in [1.54, 1.807) is 24.5 Å². The van der Waals surface area contributed by atoms with Crippen molar-refractivity contribution in [1.82, 2.24) is 20.0 Å². The van der Waals surface area contributed by atoms with Crippen LogP contribution >= 0.6 is 0 Å². The molecule has 2 heterocycles. The van der Waals surface area contributed by atoms with Crippen LogP contribution in [0.25, 0.3) is 0 Å².